The fraction of sp³-hybridized carbons (Fsp3) is 0.833. The molecule has 2 unspecified atom stereocenters. The van der Waals surface area contributed by atoms with Crippen molar-refractivity contribution in [1.29, 1.82) is 0 Å². The number of halogens is 3. The van der Waals surface area contributed by atoms with E-state index < -0.39 is 12.0 Å². The summed E-state index contributed by atoms with van der Waals surface area (Å²) >= 11 is 0. The van der Waals surface area contributed by atoms with Gasteiger partial charge in [-0.3, -0.25) is 4.90 Å². The highest BCUT2D eigenvalue weighted by atomic mass is 19.4. The molecule has 0 bridgehead atoms. The van der Waals surface area contributed by atoms with Crippen LogP contribution in [0.3, 0.4) is 0 Å². The van der Waals surface area contributed by atoms with Gasteiger partial charge in [0.05, 0.1) is 19.8 Å². The molecule has 0 aliphatic carbocycles. The molecule has 21 heavy (non-hydrogen) atoms. The van der Waals surface area contributed by atoms with Gasteiger partial charge in [0.25, 0.3) is 0 Å². The number of hydrogen-bond acceptors (Lipinski definition) is 5. The lowest BCUT2D eigenvalue weighted by Gasteiger charge is -2.36. The van der Waals surface area contributed by atoms with E-state index in [1.54, 1.807) is 0 Å². The van der Waals surface area contributed by atoms with E-state index in [0.29, 0.717) is 38.7 Å². The standard InChI is InChI=1S/C12H18F3N5O/c1-11(7-21-5-8(11)16)6-19-2-3-20-9(4-19)17-18-10(20)12(13,14)15/h8H,2-7,16H2,1H3. The van der Waals surface area contributed by atoms with Gasteiger partial charge in [-0.05, 0) is 0 Å². The number of alkyl halides is 3. The van der Waals surface area contributed by atoms with Gasteiger partial charge in [-0.2, -0.15) is 13.2 Å². The first-order chi connectivity index (χ1) is 9.79. The van der Waals surface area contributed by atoms with Gasteiger partial charge in [0.1, 0.15) is 5.82 Å². The summed E-state index contributed by atoms with van der Waals surface area (Å²) in [4.78, 5) is 2.07. The zero-order chi connectivity index (χ0) is 15.3. The van der Waals surface area contributed by atoms with Crippen molar-refractivity contribution >= 4 is 0 Å². The molecule has 1 aromatic heterocycles. The highest BCUT2D eigenvalue weighted by Gasteiger charge is 2.42. The third kappa shape index (κ3) is 2.65. The molecule has 1 saturated heterocycles. The second-order valence-electron chi connectivity index (χ2n) is 6.08. The molecular weight excluding hydrogens is 287 g/mol. The molecule has 0 radical (unpaired) electrons. The van der Waals surface area contributed by atoms with Crippen molar-refractivity contribution in [3.63, 3.8) is 0 Å². The van der Waals surface area contributed by atoms with Crippen LogP contribution in [-0.4, -0.2) is 52.0 Å². The Morgan fingerprint density at radius 3 is 2.76 bits per heavy atom. The van der Waals surface area contributed by atoms with Gasteiger partial charge in [0, 0.05) is 31.1 Å². The molecule has 2 aliphatic rings. The van der Waals surface area contributed by atoms with Crippen molar-refractivity contribution in [2.75, 3.05) is 26.3 Å². The minimum absolute atomic E-state index is 0.0527. The maximum Gasteiger partial charge on any atom is 0.451 e. The third-order valence-corrected chi connectivity index (χ3v) is 4.29. The lowest BCUT2D eigenvalue weighted by molar-refractivity contribution is -0.148. The smallest absolute Gasteiger partial charge is 0.379 e. The molecule has 0 saturated carbocycles. The Hall–Kier alpha value is -1.19. The van der Waals surface area contributed by atoms with E-state index in [2.05, 4.69) is 15.1 Å². The molecule has 6 nitrogen and oxygen atoms in total. The number of fused-ring (bicyclic) bond motifs is 1. The van der Waals surface area contributed by atoms with Gasteiger partial charge in [0.15, 0.2) is 0 Å². The van der Waals surface area contributed by atoms with Crippen molar-refractivity contribution in [3.05, 3.63) is 11.6 Å². The van der Waals surface area contributed by atoms with Crippen LogP contribution in [0.15, 0.2) is 0 Å². The summed E-state index contributed by atoms with van der Waals surface area (Å²) in [5.41, 5.74) is 5.88. The topological polar surface area (TPSA) is 69.2 Å². The van der Waals surface area contributed by atoms with Crippen LogP contribution in [0.25, 0.3) is 0 Å². The summed E-state index contributed by atoms with van der Waals surface area (Å²) in [7, 11) is 0. The van der Waals surface area contributed by atoms with Gasteiger partial charge >= 0.3 is 6.18 Å². The fourth-order valence-corrected chi connectivity index (χ4v) is 2.95. The Morgan fingerprint density at radius 2 is 2.14 bits per heavy atom. The summed E-state index contributed by atoms with van der Waals surface area (Å²) < 4.78 is 44.9. The van der Waals surface area contributed by atoms with E-state index in [1.165, 1.54) is 0 Å². The van der Waals surface area contributed by atoms with E-state index >= 15 is 0 Å². The van der Waals surface area contributed by atoms with Crippen LogP contribution in [0.2, 0.25) is 0 Å². The first-order valence-corrected chi connectivity index (χ1v) is 6.84. The summed E-state index contributed by atoms with van der Waals surface area (Å²) in [6.07, 6.45) is -4.46. The second kappa shape index (κ2) is 4.92. The Balaban J connectivity index is 1.73. The first-order valence-electron chi connectivity index (χ1n) is 6.84. The van der Waals surface area contributed by atoms with E-state index in [-0.39, 0.29) is 18.0 Å². The van der Waals surface area contributed by atoms with Crippen LogP contribution < -0.4 is 5.73 Å². The molecule has 2 aliphatic heterocycles. The van der Waals surface area contributed by atoms with Crippen molar-refractivity contribution in [2.24, 2.45) is 11.1 Å². The van der Waals surface area contributed by atoms with Crippen molar-refractivity contribution < 1.29 is 17.9 Å². The van der Waals surface area contributed by atoms with E-state index in [9.17, 15) is 13.2 Å². The quantitative estimate of drug-likeness (QED) is 0.860. The summed E-state index contributed by atoms with van der Waals surface area (Å²) in [6, 6.07) is -0.0527. The molecule has 3 heterocycles. The minimum Gasteiger partial charge on any atom is -0.379 e. The van der Waals surface area contributed by atoms with Crippen LogP contribution in [-0.2, 0) is 24.0 Å². The van der Waals surface area contributed by atoms with Crippen molar-refractivity contribution in [3.8, 4) is 0 Å². The first kappa shape index (κ1) is 14.7. The van der Waals surface area contributed by atoms with Gasteiger partial charge in [-0.25, -0.2) is 0 Å². The second-order valence-corrected chi connectivity index (χ2v) is 6.08. The molecule has 9 heteroatoms. The monoisotopic (exact) mass is 305 g/mol. The average molecular weight is 305 g/mol. The largest absolute Gasteiger partial charge is 0.451 e. The predicted octanol–water partition coefficient (Wildman–Crippen LogP) is 0.476. The Bertz CT molecular complexity index is 531. The summed E-state index contributed by atoms with van der Waals surface area (Å²) in [5.74, 6) is -0.561. The lowest BCUT2D eigenvalue weighted by atomic mass is 9.85. The normalized spacial score (nSPS) is 30.6. The number of nitrogens with zero attached hydrogens (tertiary/aromatic N) is 4. The van der Waals surface area contributed by atoms with Gasteiger partial charge in [-0.15, -0.1) is 10.2 Å². The third-order valence-electron chi connectivity index (χ3n) is 4.29. The molecule has 0 aromatic carbocycles. The van der Waals surface area contributed by atoms with Gasteiger partial charge < -0.3 is 15.0 Å². The fourth-order valence-electron chi connectivity index (χ4n) is 2.95. The summed E-state index contributed by atoms with van der Waals surface area (Å²) in [6.45, 7) is 4.95. The highest BCUT2D eigenvalue weighted by Crippen LogP contribution is 2.32. The van der Waals surface area contributed by atoms with Gasteiger partial charge in [0.2, 0.25) is 5.82 Å². The maximum atomic E-state index is 12.8. The van der Waals surface area contributed by atoms with Crippen LogP contribution >= 0.6 is 0 Å². The van der Waals surface area contributed by atoms with Gasteiger partial charge in [-0.1, -0.05) is 6.92 Å². The Kier molecular flexibility index (Phi) is 3.45. The average Bonchev–Trinajstić information content (AvgIpc) is 2.93. The van der Waals surface area contributed by atoms with Crippen molar-refractivity contribution in [2.45, 2.75) is 32.2 Å². The molecular formula is C12H18F3N5O. The molecule has 1 aromatic rings. The molecule has 3 rings (SSSR count). The Morgan fingerprint density at radius 1 is 1.38 bits per heavy atom. The molecule has 1 fully saturated rings. The van der Waals surface area contributed by atoms with Crippen LogP contribution in [0.1, 0.15) is 18.6 Å². The van der Waals surface area contributed by atoms with Crippen LogP contribution in [0, 0.1) is 5.41 Å². The number of aromatic nitrogens is 3. The number of nitrogens with two attached hydrogens (primary N) is 1. The number of ether oxygens (including phenoxy) is 1. The maximum absolute atomic E-state index is 12.8. The molecule has 2 N–H and O–H groups in total. The zero-order valence-corrected chi connectivity index (χ0v) is 11.7. The summed E-state index contributed by atoms with van der Waals surface area (Å²) in [5, 5.41) is 6.96. The van der Waals surface area contributed by atoms with E-state index in [0.717, 1.165) is 4.57 Å². The molecule has 2 atom stereocenters. The van der Waals surface area contributed by atoms with E-state index in [4.69, 9.17) is 10.5 Å². The highest BCUT2D eigenvalue weighted by molar-refractivity contribution is 5.03. The Labute approximate surface area is 120 Å². The lowest BCUT2D eigenvalue weighted by Crippen LogP contribution is -2.48. The zero-order valence-electron chi connectivity index (χ0n) is 11.7. The SMILES string of the molecule is CC1(CN2CCn3c(nnc3C(F)(F)F)C2)COCC1N. The number of hydrogen-bond donors (Lipinski definition) is 1. The molecule has 0 spiro atoms. The van der Waals surface area contributed by atoms with Crippen LogP contribution in [0.4, 0.5) is 13.2 Å². The van der Waals surface area contributed by atoms with E-state index in [1.807, 2.05) is 6.92 Å². The minimum atomic E-state index is -4.46. The molecule has 0 amide bonds. The van der Waals surface area contributed by atoms with Crippen LogP contribution in [0.5, 0.6) is 0 Å². The predicted molar refractivity (Wildman–Crippen MR) is 67.2 cm³/mol. The number of rotatable bonds is 2. The van der Waals surface area contributed by atoms with Crippen molar-refractivity contribution in [1.82, 2.24) is 19.7 Å². The molecule has 118 valence electrons.